The molecule has 0 saturated heterocycles. The van der Waals surface area contributed by atoms with Gasteiger partial charge in [0, 0.05) is 6.08 Å². The second-order valence-electron chi connectivity index (χ2n) is 4.02. The quantitative estimate of drug-likeness (QED) is 0.558. The van der Waals surface area contributed by atoms with E-state index in [1.54, 1.807) is 13.8 Å². The summed E-state index contributed by atoms with van der Waals surface area (Å²) in [6.45, 7) is 4.28. The van der Waals surface area contributed by atoms with E-state index in [0.29, 0.717) is 13.2 Å². The third-order valence-electron chi connectivity index (χ3n) is 2.82. The van der Waals surface area contributed by atoms with Crippen molar-refractivity contribution in [3.63, 3.8) is 0 Å². The molecule has 17 heavy (non-hydrogen) atoms. The Kier molecular flexibility index (Phi) is 5.73. The molecule has 0 bridgehead atoms. The summed E-state index contributed by atoms with van der Waals surface area (Å²) in [5.41, 5.74) is 0.855. The maximum absolute atomic E-state index is 11.7. The van der Waals surface area contributed by atoms with Crippen molar-refractivity contribution in [2.45, 2.75) is 39.5 Å². The van der Waals surface area contributed by atoms with Crippen LogP contribution in [0.5, 0.6) is 0 Å². The van der Waals surface area contributed by atoms with Gasteiger partial charge in [0.25, 0.3) is 0 Å². The van der Waals surface area contributed by atoms with Crippen LogP contribution < -0.4 is 0 Å². The molecule has 0 aromatic heterocycles. The molecule has 1 unspecified atom stereocenters. The molecule has 0 spiro atoms. The van der Waals surface area contributed by atoms with E-state index in [1.807, 2.05) is 0 Å². The monoisotopic (exact) mass is 240 g/mol. The SMILES string of the molecule is CCOC(=O)/C=C1\CCCCC1C(=O)OCC. The minimum Gasteiger partial charge on any atom is -0.466 e. The van der Waals surface area contributed by atoms with Gasteiger partial charge in [-0.05, 0) is 38.7 Å². The van der Waals surface area contributed by atoms with Crippen LogP contribution in [0.4, 0.5) is 0 Å². The maximum Gasteiger partial charge on any atom is 0.330 e. The third-order valence-corrected chi connectivity index (χ3v) is 2.82. The van der Waals surface area contributed by atoms with Crippen molar-refractivity contribution in [1.82, 2.24) is 0 Å². The first-order valence-electron chi connectivity index (χ1n) is 6.22. The summed E-state index contributed by atoms with van der Waals surface area (Å²) in [4.78, 5) is 23.1. The third kappa shape index (κ3) is 4.21. The number of carbonyl (C=O) groups excluding carboxylic acids is 2. The Hall–Kier alpha value is -1.32. The topological polar surface area (TPSA) is 52.6 Å². The van der Waals surface area contributed by atoms with E-state index in [2.05, 4.69) is 0 Å². The van der Waals surface area contributed by atoms with Gasteiger partial charge in [-0.3, -0.25) is 4.79 Å². The molecular formula is C13H20O4. The lowest BCUT2D eigenvalue weighted by molar-refractivity contribution is -0.147. The summed E-state index contributed by atoms with van der Waals surface area (Å²) in [6, 6.07) is 0. The lowest BCUT2D eigenvalue weighted by Crippen LogP contribution is -2.23. The Morgan fingerprint density at radius 2 is 1.94 bits per heavy atom. The van der Waals surface area contributed by atoms with Gasteiger partial charge in [-0.1, -0.05) is 6.42 Å². The molecule has 96 valence electrons. The van der Waals surface area contributed by atoms with Crippen molar-refractivity contribution >= 4 is 11.9 Å². The molecule has 4 nitrogen and oxygen atoms in total. The van der Waals surface area contributed by atoms with Crippen LogP contribution in [0.3, 0.4) is 0 Å². The summed E-state index contributed by atoms with van der Waals surface area (Å²) >= 11 is 0. The molecule has 1 atom stereocenters. The minimum atomic E-state index is -0.362. The summed E-state index contributed by atoms with van der Waals surface area (Å²) in [6.07, 6.45) is 5.03. The Bertz CT molecular complexity index is 307. The van der Waals surface area contributed by atoms with Gasteiger partial charge in [0.1, 0.15) is 0 Å². The van der Waals surface area contributed by atoms with Crippen LogP contribution in [0, 0.1) is 5.92 Å². The lowest BCUT2D eigenvalue weighted by atomic mass is 9.84. The van der Waals surface area contributed by atoms with E-state index in [0.717, 1.165) is 31.3 Å². The van der Waals surface area contributed by atoms with Crippen molar-refractivity contribution < 1.29 is 19.1 Å². The predicted octanol–water partition coefficient (Wildman–Crippen LogP) is 2.23. The number of carbonyl (C=O) groups is 2. The van der Waals surface area contributed by atoms with Gasteiger partial charge < -0.3 is 9.47 Å². The van der Waals surface area contributed by atoms with Gasteiger partial charge in [0.15, 0.2) is 0 Å². The molecule has 0 aliphatic heterocycles. The molecule has 0 heterocycles. The van der Waals surface area contributed by atoms with Gasteiger partial charge >= 0.3 is 11.9 Å². The van der Waals surface area contributed by atoms with Crippen LogP contribution in [0.1, 0.15) is 39.5 Å². The Morgan fingerprint density at radius 3 is 2.59 bits per heavy atom. The van der Waals surface area contributed by atoms with Gasteiger partial charge in [-0.25, -0.2) is 4.79 Å². The standard InChI is InChI=1S/C13H20O4/c1-3-16-12(14)9-10-7-5-6-8-11(10)13(15)17-4-2/h9,11H,3-8H2,1-2H3/b10-9+. The second kappa shape index (κ2) is 7.09. The second-order valence-corrected chi connectivity index (χ2v) is 4.02. The first-order chi connectivity index (χ1) is 8.19. The fourth-order valence-corrected chi connectivity index (χ4v) is 2.06. The van der Waals surface area contributed by atoms with E-state index in [9.17, 15) is 9.59 Å². The predicted molar refractivity (Wildman–Crippen MR) is 63.3 cm³/mol. The summed E-state index contributed by atoms with van der Waals surface area (Å²) < 4.78 is 9.89. The van der Waals surface area contributed by atoms with Crippen molar-refractivity contribution in [3.05, 3.63) is 11.6 Å². The largest absolute Gasteiger partial charge is 0.466 e. The lowest BCUT2D eigenvalue weighted by Gasteiger charge is -2.23. The van der Waals surface area contributed by atoms with Crippen LogP contribution in [0.25, 0.3) is 0 Å². The molecular weight excluding hydrogens is 220 g/mol. The molecule has 1 aliphatic carbocycles. The average Bonchev–Trinajstić information content (AvgIpc) is 2.30. The molecule has 0 aromatic carbocycles. The van der Waals surface area contributed by atoms with Crippen LogP contribution in [0.2, 0.25) is 0 Å². The zero-order chi connectivity index (χ0) is 12.7. The Morgan fingerprint density at radius 1 is 1.24 bits per heavy atom. The van der Waals surface area contributed by atoms with Crippen molar-refractivity contribution in [1.29, 1.82) is 0 Å². The van der Waals surface area contributed by atoms with Crippen molar-refractivity contribution in [3.8, 4) is 0 Å². The van der Waals surface area contributed by atoms with Crippen LogP contribution in [-0.2, 0) is 19.1 Å². The van der Waals surface area contributed by atoms with Crippen molar-refractivity contribution in [2.75, 3.05) is 13.2 Å². The first-order valence-corrected chi connectivity index (χ1v) is 6.22. The molecule has 1 fully saturated rings. The summed E-state index contributed by atoms with van der Waals surface area (Å²) in [5, 5.41) is 0. The fourth-order valence-electron chi connectivity index (χ4n) is 2.06. The highest BCUT2D eigenvalue weighted by Crippen LogP contribution is 2.30. The minimum absolute atomic E-state index is 0.220. The summed E-state index contributed by atoms with van der Waals surface area (Å²) in [5.74, 6) is -0.838. The van der Waals surface area contributed by atoms with Gasteiger partial charge in [0.05, 0.1) is 19.1 Å². The van der Waals surface area contributed by atoms with Gasteiger partial charge in [-0.15, -0.1) is 0 Å². The zero-order valence-corrected chi connectivity index (χ0v) is 10.5. The molecule has 1 saturated carbocycles. The maximum atomic E-state index is 11.7. The molecule has 0 aromatic rings. The molecule has 4 heteroatoms. The molecule has 0 radical (unpaired) electrons. The van der Waals surface area contributed by atoms with E-state index in [1.165, 1.54) is 6.08 Å². The van der Waals surface area contributed by atoms with Crippen molar-refractivity contribution in [2.24, 2.45) is 5.92 Å². The number of rotatable bonds is 4. The molecule has 0 amide bonds. The van der Waals surface area contributed by atoms with E-state index < -0.39 is 0 Å². The van der Waals surface area contributed by atoms with Crippen LogP contribution in [0.15, 0.2) is 11.6 Å². The molecule has 1 rings (SSSR count). The first kappa shape index (κ1) is 13.7. The smallest absolute Gasteiger partial charge is 0.330 e. The highest BCUT2D eigenvalue weighted by molar-refractivity contribution is 5.85. The van der Waals surface area contributed by atoms with Crippen LogP contribution >= 0.6 is 0 Å². The molecule has 1 aliphatic rings. The highest BCUT2D eigenvalue weighted by Gasteiger charge is 2.27. The number of ether oxygens (including phenoxy) is 2. The van der Waals surface area contributed by atoms with E-state index in [-0.39, 0.29) is 17.9 Å². The van der Waals surface area contributed by atoms with Gasteiger partial charge in [-0.2, -0.15) is 0 Å². The van der Waals surface area contributed by atoms with E-state index >= 15 is 0 Å². The average molecular weight is 240 g/mol. The van der Waals surface area contributed by atoms with E-state index in [4.69, 9.17) is 9.47 Å². The Balaban J connectivity index is 2.71. The van der Waals surface area contributed by atoms with Crippen LogP contribution in [-0.4, -0.2) is 25.2 Å². The summed E-state index contributed by atoms with van der Waals surface area (Å²) in [7, 11) is 0. The number of hydrogen-bond acceptors (Lipinski definition) is 4. The highest BCUT2D eigenvalue weighted by atomic mass is 16.5. The Labute approximate surface area is 102 Å². The zero-order valence-electron chi connectivity index (χ0n) is 10.5. The normalized spacial score (nSPS) is 22.2. The fraction of sp³-hybridized carbons (Fsp3) is 0.692. The number of hydrogen-bond donors (Lipinski definition) is 0. The number of esters is 2. The molecule has 0 N–H and O–H groups in total. The van der Waals surface area contributed by atoms with Gasteiger partial charge in [0.2, 0.25) is 0 Å².